The average molecular weight is 294 g/mol. The van der Waals surface area contributed by atoms with Gasteiger partial charge in [-0.25, -0.2) is 4.83 Å². The van der Waals surface area contributed by atoms with Crippen LogP contribution in [0.1, 0.15) is 45.1 Å². The predicted molar refractivity (Wildman–Crippen MR) is 81.2 cm³/mol. The van der Waals surface area contributed by atoms with Crippen LogP contribution in [0.3, 0.4) is 0 Å². The highest BCUT2D eigenvalue weighted by molar-refractivity contribution is 7.89. The second-order valence-corrected chi connectivity index (χ2v) is 7.91. The summed E-state index contributed by atoms with van der Waals surface area (Å²) in [5, 5.41) is 4.10. The molecule has 0 atom stereocenters. The van der Waals surface area contributed by atoms with Crippen molar-refractivity contribution in [3.8, 4) is 0 Å². The second kappa shape index (κ2) is 5.56. The third-order valence-electron chi connectivity index (χ3n) is 3.84. The summed E-state index contributed by atoms with van der Waals surface area (Å²) in [6.45, 7) is 6.40. The van der Waals surface area contributed by atoms with E-state index in [4.69, 9.17) is 0 Å². The van der Waals surface area contributed by atoms with Crippen LogP contribution in [0.5, 0.6) is 0 Å². The van der Waals surface area contributed by atoms with Crippen LogP contribution in [0.15, 0.2) is 34.3 Å². The Morgan fingerprint density at radius 1 is 1.10 bits per heavy atom. The molecule has 1 fully saturated rings. The number of hydrogen-bond donors (Lipinski definition) is 1. The molecule has 1 saturated carbocycles. The minimum absolute atomic E-state index is 0.253. The molecular formula is C15H22N2O2S. The Balaban J connectivity index is 2.04. The van der Waals surface area contributed by atoms with E-state index in [0.717, 1.165) is 37.0 Å². The lowest BCUT2D eigenvalue weighted by atomic mass is 9.77. The largest absolute Gasteiger partial charge is 0.276 e. The molecule has 0 amide bonds. The molecule has 1 aliphatic carbocycles. The van der Waals surface area contributed by atoms with Crippen LogP contribution >= 0.6 is 0 Å². The van der Waals surface area contributed by atoms with Gasteiger partial charge in [0.15, 0.2) is 0 Å². The van der Waals surface area contributed by atoms with Crippen LogP contribution in [-0.4, -0.2) is 14.1 Å². The van der Waals surface area contributed by atoms with E-state index < -0.39 is 10.0 Å². The lowest BCUT2D eigenvalue weighted by Crippen LogP contribution is -2.25. The number of nitrogens with zero attached hydrogens (tertiary/aromatic N) is 1. The number of benzene rings is 1. The van der Waals surface area contributed by atoms with E-state index >= 15 is 0 Å². The van der Waals surface area contributed by atoms with E-state index in [9.17, 15) is 8.42 Å². The summed E-state index contributed by atoms with van der Waals surface area (Å²) in [4.78, 5) is 2.61. The molecule has 20 heavy (non-hydrogen) atoms. The van der Waals surface area contributed by atoms with E-state index in [1.807, 2.05) is 6.92 Å². The Bertz CT molecular complexity index is 589. The zero-order valence-electron chi connectivity index (χ0n) is 12.3. The molecular weight excluding hydrogens is 272 g/mol. The second-order valence-electron chi connectivity index (χ2n) is 6.25. The van der Waals surface area contributed by atoms with E-state index in [0.29, 0.717) is 5.41 Å². The number of hydrazone groups is 1. The summed E-state index contributed by atoms with van der Waals surface area (Å²) < 4.78 is 24.2. The maximum atomic E-state index is 12.1. The zero-order valence-corrected chi connectivity index (χ0v) is 13.1. The number of hydrogen-bond acceptors (Lipinski definition) is 3. The fourth-order valence-corrected chi connectivity index (χ4v) is 3.07. The van der Waals surface area contributed by atoms with Gasteiger partial charge in [0.05, 0.1) is 4.90 Å². The highest BCUT2D eigenvalue weighted by Gasteiger charge is 2.24. The van der Waals surface area contributed by atoms with Gasteiger partial charge >= 0.3 is 0 Å². The predicted octanol–water partition coefficient (Wildman–Crippen LogP) is 3.23. The Hall–Kier alpha value is -1.36. The Kier molecular flexibility index (Phi) is 4.18. The summed E-state index contributed by atoms with van der Waals surface area (Å²) >= 11 is 0. The monoisotopic (exact) mass is 294 g/mol. The number of nitrogens with one attached hydrogen (secondary N) is 1. The minimum Gasteiger partial charge on any atom is -0.200 e. The van der Waals surface area contributed by atoms with Crippen molar-refractivity contribution >= 4 is 15.7 Å². The molecule has 110 valence electrons. The summed E-state index contributed by atoms with van der Waals surface area (Å²) in [6, 6.07) is 6.76. The first kappa shape index (κ1) is 15.0. The van der Waals surface area contributed by atoms with Crippen LogP contribution in [0.2, 0.25) is 0 Å². The molecule has 0 spiro atoms. The van der Waals surface area contributed by atoms with Crippen molar-refractivity contribution in [1.82, 2.24) is 4.83 Å². The average Bonchev–Trinajstić information content (AvgIpc) is 2.38. The minimum atomic E-state index is -3.54. The summed E-state index contributed by atoms with van der Waals surface area (Å²) in [7, 11) is -3.54. The highest BCUT2D eigenvalue weighted by Crippen LogP contribution is 2.33. The molecule has 0 radical (unpaired) electrons. The van der Waals surface area contributed by atoms with Crippen molar-refractivity contribution in [3.63, 3.8) is 0 Å². The first-order chi connectivity index (χ1) is 9.28. The van der Waals surface area contributed by atoms with Crippen molar-refractivity contribution in [1.29, 1.82) is 0 Å². The van der Waals surface area contributed by atoms with Crippen molar-refractivity contribution in [3.05, 3.63) is 29.8 Å². The molecule has 4 nitrogen and oxygen atoms in total. The standard InChI is InChI=1S/C15H22N2O2S/c1-12-4-6-14(7-5-12)20(18,19)17-16-13-8-10-15(2,3)11-9-13/h4-7,17H,8-11H2,1-3H3. The number of aryl methyl sites for hydroxylation is 1. The highest BCUT2D eigenvalue weighted by atomic mass is 32.2. The van der Waals surface area contributed by atoms with Crippen LogP contribution < -0.4 is 4.83 Å². The van der Waals surface area contributed by atoms with Gasteiger partial charge in [-0.3, -0.25) is 0 Å². The smallest absolute Gasteiger partial charge is 0.200 e. The van der Waals surface area contributed by atoms with Gasteiger partial charge in [0, 0.05) is 5.71 Å². The van der Waals surface area contributed by atoms with Crippen LogP contribution in [-0.2, 0) is 10.0 Å². The van der Waals surface area contributed by atoms with Gasteiger partial charge in [-0.1, -0.05) is 31.5 Å². The molecule has 0 aliphatic heterocycles. The normalized spacial score (nSPS) is 18.6. The molecule has 0 unspecified atom stereocenters. The van der Waals surface area contributed by atoms with Gasteiger partial charge in [-0.05, 0) is 50.2 Å². The van der Waals surface area contributed by atoms with Gasteiger partial charge in [-0.15, -0.1) is 0 Å². The van der Waals surface area contributed by atoms with E-state index in [1.54, 1.807) is 24.3 Å². The van der Waals surface area contributed by atoms with Gasteiger partial charge < -0.3 is 0 Å². The molecule has 1 N–H and O–H groups in total. The zero-order chi connectivity index (χ0) is 14.8. The lowest BCUT2D eigenvalue weighted by Gasteiger charge is -2.29. The molecule has 0 bridgehead atoms. The third-order valence-corrected chi connectivity index (χ3v) is 5.06. The molecule has 1 aromatic rings. The molecule has 1 aliphatic rings. The van der Waals surface area contributed by atoms with E-state index in [1.165, 1.54) is 0 Å². The first-order valence-corrected chi connectivity index (χ1v) is 8.41. The summed E-state index contributed by atoms with van der Waals surface area (Å²) in [5.74, 6) is 0. The van der Waals surface area contributed by atoms with Crippen LogP contribution in [0.25, 0.3) is 0 Å². The van der Waals surface area contributed by atoms with Gasteiger partial charge in [0.1, 0.15) is 0 Å². The number of sulfonamides is 1. The first-order valence-electron chi connectivity index (χ1n) is 6.92. The van der Waals surface area contributed by atoms with Gasteiger partial charge in [0.25, 0.3) is 10.0 Å². The maximum Gasteiger partial charge on any atom is 0.276 e. The Labute approximate surface area is 121 Å². The molecule has 1 aromatic carbocycles. The fourth-order valence-electron chi connectivity index (χ4n) is 2.22. The molecule has 0 saturated heterocycles. The van der Waals surface area contributed by atoms with Crippen molar-refractivity contribution in [2.24, 2.45) is 10.5 Å². The molecule has 0 aromatic heterocycles. The van der Waals surface area contributed by atoms with Crippen LogP contribution in [0.4, 0.5) is 0 Å². The van der Waals surface area contributed by atoms with Gasteiger partial charge in [0.2, 0.25) is 0 Å². The van der Waals surface area contributed by atoms with Crippen molar-refractivity contribution in [2.75, 3.05) is 0 Å². The maximum absolute atomic E-state index is 12.1. The molecule has 0 heterocycles. The van der Waals surface area contributed by atoms with Crippen molar-refractivity contribution in [2.45, 2.75) is 51.3 Å². The topological polar surface area (TPSA) is 58.5 Å². The Morgan fingerprint density at radius 2 is 1.65 bits per heavy atom. The summed E-state index contributed by atoms with van der Waals surface area (Å²) in [6.07, 6.45) is 3.84. The Morgan fingerprint density at radius 3 is 2.20 bits per heavy atom. The third kappa shape index (κ3) is 3.82. The fraction of sp³-hybridized carbons (Fsp3) is 0.533. The SMILES string of the molecule is Cc1ccc(S(=O)(=O)NN=C2CCC(C)(C)CC2)cc1. The van der Waals surface area contributed by atoms with Crippen molar-refractivity contribution < 1.29 is 8.42 Å². The van der Waals surface area contributed by atoms with Gasteiger partial charge in [-0.2, -0.15) is 13.5 Å². The lowest BCUT2D eigenvalue weighted by molar-refractivity contribution is 0.301. The summed E-state index contributed by atoms with van der Waals surface area (Å²) in [5.41, 5.74) is 2.32. The number of rotatable bonds is 3. The molecule has 2 rings (SSSR count). The molecule has 5 heteroatoms. The van der Waals surface area contributed by atoms with Crippen LogP contribution in [0, 0.1) is 12.3 Å². The quantitative estimate of drug-likeness (QED) is 0.870. The van der Waals surface area contributed by atoms with E-state index in [-0.39, 0.29) is 4.90 Å². The van der Waals surface area contributed by atoms with E-state index in [2.05, 4.69) is 23.8 Å².